The highest BCUT2D eigenvalue weighted by Crippen LogP contribution is 2.24. The van der Waals surface area contributed by atoms with Crippen molar-refractivity contribution in [1.82, 2.24) is 10.2 Å². The number of carbonyl (C=O) groups is 4. The summed E-state index contributed by atoms with van der Waals surface area (Å²) in [5.74, 6) is -1.76. The molecule has 1 aliphatic rings. The lowest BCUT2D eigenvalue weighted by Gasteiger charge is -2.27. The molecule has 160 valence electrons. The van der Waals surface area contributed by atoms with E-state index in [1.807, 2.05) is 11.4 Å². The quantitative estimate of drug-likeness (QED) is 0.635. The predicted octanol–water partition coefficient (Wildman–Crippen LogP) is 1.33. The fourth-order valence-electron chi connectivity index (χ4n) is 2.77. The van der Waals surface area contributed by atoms with Gasteiger partial charge in [-0.3, -0.25) is 9.59 Å². The lowest BCUT2D eigenvalue weighted by molar-refractivity contribution is -0.154. The Morgan fingerprint density at radius 1 is 1.31 bits per heavy atom. The number of esters is 1. The van der Waals surface area contributed by atoms with Crippen molar-refractivity contribution in [2.24, 2.45) is 5.73 Å². The summed E-state index contributed by atoms with van der Waals surface area (Å²) in [7, 11) is 0. The summed E-state index contributed by atoms with van der Waals surface area (Å²) in [4.78, 5) is 50.7. The molecule has 3 amide bonds. The predicted molar refractivity (Wildman–Crippen MR) is 106 cm³/mol. The van der Waals surface area contributed by atoms with E-state index < -0.39 is 36.2 Å². The Morgan fingerprint density at radius 2 is 2.03 bits per heavy atom. The molecule has 0 bridgehead atoms. The number of amides is 3. The molecule has 1 aromatic rings. The minimum atomic E-state index is -1.14. The van der Waals surface area contributed by atoms with Crippen LogP contribution >= 0.6 is 11.3 Å². The maximum Gasteiger partial charge on any atom is 0.408 e. The third kappa shape index (κ3) is 7.37. The molecule has 3 N–H and O–H groups in total. The second kappa shape index (κ2) is 9.73. The summed E-state index contributed by atoms with van der Waals surface area (Å²) in [5, 5.41) is 4.36. The van der Waals surface area contributed by atoms with E-state index in [4.69, 9.17) is 15.2 Å². The zero-order valence-electron chi connectivity index (χ0n) is 16.9. The van der Waals surface area contributed by atoms with Gasteiger partial charge in [-0.1, -0.05) is 0 Å². The molecule has 0 fully saturated rings. The van der Waals surface area contributed by atoms with Crippen LogP contribution in [-0.2, 0) is 36.8 Å². The third-order valence-electron chi connectivity index (χ3n) is 4.15. The molecule has 0 spiro atoms. The van der Waals surface area contributed by atoms with E-state index in [0.717, 1.165) is 12.0 Å². The molecule has 0 saturated carbocycles. The molecule has 2 rings (SSSR count). The molecule has 0 aliphatic carbocycles. The van der Waals surface area contributed by atoms with Gasteiger partial charge in [0.05, 0.1) is 0 Å². The largest absolute Gasteiger partial charge is 0.454 e. The zero-order valence-corrected chi connectivity index (χ0v) is 17.7. The lowest BCUT2D eigenvalue weighted by Crippen LogP contribution is -2.46. The second-order valence-electron chi connectivity index (χ2n) is 7.75. The topological polar surface area (TPSA) is 128 Å². The summed E-state index contributed by atoms with van der Waals surface area (Å²) in [6.07, 6.45) is -0.231. The monoisotopic (exact) mass is 425 g/mol. The Morgan fingerprint density at radius 3 is 2.69 bits per heavy atom. The molecular weight excluding hydrogens is 398 g/mol. The first-order chi connectivity index (χ1) is 13.5. The van der Waals surface area contributed by atoms with Crippen molar-refractivity contribution >= 4 is 35.2 Å². The smallest absolute Gasteiger partial charge is 0.408 e. The van der Waals surface area contributed by atoms with E-state index in [9.17, 15) is 19.2 Å². The number of rotatable bonds is 7. The normalized spacial score (nSPS) is 14.5. The van der Waals surface area contributed by atoms with E-state index >= 15 is 0 Å². The number of primary amides is 1. The third-order valence-corrected chi connectivity index (χ3v) is 5.18. The van der Waals surface area contributed by atoms with Crippen LogP contribution in [0.2, 0.25) is 0 Å². The fraction of sp³-hybridized carbons (Fsp3) is 0.579. The Kier molecular flexibility index (Phi) is 7.60. The molecule has 1 aliphatic heterocycles. The van der Waals surface area contributed by atoms with Crippen molar-refractivity contribution in [3.05, 3.63) is 21.9 Å². The van der Waals surface area contributed by atoms with E-state index in [-0.39, 0.29) is 18.7 Å². The number of carbonyl (C=O) groups excluding carboxylic acids is 4. The van der Waals surface area contributed by atoms with Gasteiger partial charge in [0.15, 0.2) is 6.61 Å². The molecule has 0 radical (unpaired) electrons. The van der Waals surface area contributed by atoms with Crippen molar-refractivity contribution < 1.29 is 28.7 Å². The number of ether oxygens (including phenoxy) is 2. The Bertz CT molecular complexity index is 770. The van der Waals surface area contributed by atoms with Gasteiger partial charge in [0, 0.05) is 24.4 Å². The molecule has 0 aromatic carbocycles. The minimum Gasteiger partial charge on any atom is -0.454 e. The summed E-state index contributed by atoms with van der Waals surface area (Å²) in [6, 6.07) is 0.839. The van der Waals surface area contributed by atoms with Gasteiger partial charge in [-0.25, -0.2) is 9.59 Å². The number of hydrogen-bond acceptors (Lipinski definition) is 7. The maximum absolute atomic E-state index is 12.4. The van der Waals surface area contributed by atoms with Crippen LogP contribution in [0.1, 0.15) is 44.1 Å². The second-order valence-corrected chi connectivity index (χ2v) is 8.75. The SMILES string of the molecule is CC(C)(C)OC(=O)N[C@H](CCC(N)=O)C(=O)OCC(=O)N1CCc2sccc2C1. The van der Waals surface area contributed by atoms with Gasteiger partial charge >= 0.3 is 12.1 Å². The first-order valence-electron chi connectivity index (χ1n) is 9.32. The highest BCUT2D eigenvalue weighted by atomic mass is 32.1. The molecule has 1 atom stereocenters. The van der Waals surface area contributed by atoms with Gasteiger partial charge in [0.25, 0.3) is 5.91 Å². The summed E-state index contributed by atoms with van der Waals surface area (Å²) < 4.78 is 10.2. The molecular formula is C19H27N3O6S. The van der Waals surface area contributed by atoms with Crippen molar-refractivity contribution in [2.75, 3.05) is 13.2 Å². The first kappa shape index (κ1) is 22.7. The standard InChI is InChI=1S/C19H27N3O6S/c1-19(2,3)28-18(26)21-13(4-5-15(20)23)17(25)27-11-16(24)22-8-6-14-12(10-22)7-9-29-14/h7,9,13H,4-6,8,10-11H2,1-3H3,(H2,20,23)(H,21,26)/t13-/m1/s1. The van der Waals surface area contributed by atoms with Crippen LogP contribution in [0.4, 0.5) is 4.79 Å². The van der Waals surface area contributed by atoms with Gasteiger partial charge in [0.2, 0.25) is 5.91 Å². The molecule has 10 heteroatoms. The van der Waals surface area contributed by atoms with Gasteiger partial charge < -0.3 is 25.4 Å². The average Bonchev–Trinajstić information content (AvgIpc) is 3.08. The van der Waals surface area contributed by atoms with Crippen molar-refractivity contribution in [3.8, 4) is 0 Å². The average molecular weight is 426 g/mol. The van der Waals surface area contributed by atoms with Gasteiger partial charge in [-0.15, -0.1) is 11.3 Å². The molecule has 29 heavy (non-hydrogen) atoms. The van der Waals surface area contributed by atoms with Crippen LogP contribution in [0, 0.1) is 0 Å². The van der Waals surface area contributed by atoms with Crippen molar-refractivity contribution in [2.45, 2.75) is 58.2 Å². The lowest BCUT2D eigenvalue weighted by atomic mass is 10.1. The van der Waals surface area contributed by atoms with E-state index in [2.05, 4.69) is 5.32 Å². The number of nitrogens with one attached hydrogen (secondary N) is 1. The molecule has 1 aromatic heterocycles. The minimum absolute atomic E-state index is 0.0520. The van der Waals surface area contributed by atoms with Crippen LogP contribution in [0.25, 0.3) is 0 Å². The van der Waals surface area contributed by atoms with Gasteiger partial charge in [-0.2, -0.15) is 0 Å². The Labute approximate surface area is 173 Å². The number of nitrogens with zero attached hydrogens (tertiary/aromatic N) is 1. The number of hydrogen-bond donors (Lipinski definition) is 2. The van der Waals surface area contributed by atoms with Gasteiger partial charge in [0.1, 0.15) is 11.6 Å². The molecule has 0 unspecified atom stereocenters. The van der Waals surface area contributed by atoms with Gasteiger partial charge in [-0.05, 0) is 50.6 Å². The summed E-state index contributed by atoms with van der Waals surface area (Å²) in [5.41, 5.74) is 5.47. The van der Waals surface area contributed by atoms with Crippen LogP contribution in [-0.4, -0.2) is 53.6 Å². The summed E-state index contributed by atoms with van der Waals surface area (Å²) >= 11 is 1.67. The van der Waals surface area contributed by atoms with Crippen LogP contribution < -0.4 is 11.1 Å². The van der Waals surface area contributed by atoms with E-state index in [1.54, 1.807) is 37.0 Å². The first-order valence-corrected chi connectivity index (χ1v) is 10.2. The number of thiophene rings is 1. The van der Waals surface area contributed by atoms with Crippen LogP contribution in [0.15, 0.2) is 11.4 Å². The van der Waals surface area contributed by atoms with E-state index in [1.165, 1.54) is 4.88 Å². The van der Waals surface area contributed by atoms with Crippen molar-refractivity contribution in [1.29, 1.82) is 0 Å². The van der Waals surface area contributed by atoms with E-state index in [0.29, 0.717) is 13.1 Å². The zero-order chi connectivity index (χ0) is 21.6. The Balaban J connectivity index is 1.89. The number of fused-ring (bicyclic) bond motifs is 1. The highest BCUT2D eigenvalue weighted by Gasteiger charge is 2.28. The van der Waals surface area contributed by atoms with Crippen LogP contribution in [0.5, 0.6) is 0 Å². The molecule has 9 nitrogen and oxygen atoms in total. The number of alkyl carbamates (subject to hydrolysis) is 1. The maximum atomic E-state index is 12.4. The fourth-order valence-corrected chi connectivity index (χ4v) is 3.66. The highest BCUT2D eigenvalue weighted by molar-refractivity contribution is 7.10. The summed E-state index contributed by atoms with van der Waals surface area (Å²) in [6.45, 7) is 5.64. The molecule has 0 saturated heterocycles. The molecule has 2 heterocycles. The number of nitrogens with two attached hydrogens (primary N) is 1. The Hall–Kier alpha value is -2.62. The van der Waals surface area contributed by atoms with Crippen molar-refractivity contribution in [3.63, 3.8) is 0 Å². The van der Waals surface area contributed by atoms with Crippen LogP contribution in [0.3, 0.4) is 0 Å².